The first-order valence-corrected chi connectivity index (χ1v) is 48.1. The van der Waals surface area contributed by atoms with Gasteiger partial charge in [-0.25, -0.2) is 0 Å². The fourth-order valence-electron chi connectivity index (χ4n) is 21.6. The average Bonchev–Trinajstić information content (AvgIpc) is 1.54. The quantitative estimate of drug-likeness (QED) is 0.0145. The molecule has 4 aromatic rings. The number of benzene rings is 4. The molecule has 17 rings (SSSR count). The van der Waals surface area contributed by atoms with Crippen molar-refractivity contribution in [3.05, 3.63) is 93.0 Å². The largest absolute Gasteiger partial charge is 0.469 e. The van der Waals surface area contributed by atoms with Gasteiger partial charge in [-0.2, -0.15) is 0 Å². The number of ether oxygens (including phenoxy) is 8. The van der Waals surface area contributed by atoms with Crippen LogP contribution in [0.25, 0.3) is 0 Å². The number of hydrogen-bond acceptors (Lipinski definition) is 24. The lowest BCUT2D eigenvalue weighted by Gasteiger charge is -2.39. The summed E-state index contributed by atoms with van der Waals surface area (Å²) in [6, 6.07) is 8.34. The summed E-state index contributed by atoms with van der Waals surface area (Å²) in [4.78, 5) is 113. The number of amides is 8. The molecule has 28 heteroatoms. The van der Waals surface area contributed by atoms with Crippen molar-refractivity contribution in [1.82, 2.24) is 63.8 Å². The lowest BCUT2D eigenvalue weighted by atomic mass is 9.76. The molecule has 1 aliphatic carbocycles. The van der Waals surface area contributed by atoms with Crippen molar-refractivity contribution >= 4 is 47.3 Å². The fraction of sp³-hybridized carbons (Fsp3) is 0.667. The zero-order valence-electron chi connectivity index (χ0n) is 73.0. The second-order valence-electron chi connectivity index (χ2n) is 37.3. The van der Waals surface area contributed by atoms with Crippen LogP contribution in [0.1, 0.15) is 353 Å². The van der Waals surface area contributed by atoms with Gasteiger partial charge in [0.05, 0.1) is 0 Å². The fourth-order valence-corrected chi connectivity index (χ4v) is 21.6. The van der Waals surface area contributed by atoms with E-state index in [4.69, 9.17) is 37.9 Å². The summed E-state index contributed by atoms with van der Waals surface area (Å²) in [6.07, 6.45) is 31.8. The molecule has 0 spiro atoms. The van der Waals surface area contributed by atoms with Crippen molar-refractivity contribution in [3.63, 3.8) is 0 Å². The van der Waals surface area contributed by atoms with Gasteiger partial charge in [0, 0.05) is 92.4 Å². The van der Waals surface area contributed by atoms with Crippen molar-refractivity contribution in [2.75, 3.05) is 0 Å². The third kappa shape index (κ3) is 18.9. The molecule has 8 amide bonds. The van der Waals surface area contributed by atoms with E-state index in [1.807, 2.05) is 24.3 Å². The van der Waals surface area contributed by atoms with Gasteiger partial charge in [0.25, 0.3) is 0 Å². The maximum absolute atomic E-state index is 14.1. The number of carbonyl (C=O) groups excluding carboxylic acids is 8. The van der Waals surface area contributed by atoms with E-state index in [1.165, 1.54) is 77.0 Å². The molecule has 8 bridgehead atoms. The zero-order chi connectivity index (χ0) is 85.5. The summed E-state index contributed by atoms with van der Waals surface area (Å²) in [5.74, 6) is -3.09. The van der Waals surface area contributed by atoms with E-state index in [9.17, 15) is 38.4 Å². The number of carbonyl (C=O) groups is 8. The summed E-state index contributed by atoms with van der Waals surface area (Å²) >= 11 is 0. The van der Waals surface area contributed by atoms with Crippen molar-refractivity contribution < 1.29 is 76.3 Å². The summed E-state index contributed by atoms with van der Waals surface area (Å²) in [7, 11) is 0. The van der Waals surface area contributed by atoms with E-state index >= 15 is 0 Å². The predicted octanol–water partition coefficient (Wildman–Crippen LogP) is 12.3. The van der Waals surface area contributed by atoms with Crippen molar-refractivity contribution in [2.24, 2.45) is 0 Å². The summed E-state index contributed by atoms with van der Waals surface area (Å²) in [5, 5.41) is 37.9. The first-order chi connectivity index (χ1) is 60.6. The maximum Gasteiger partial charge on any atom is 0.246 e. The summed E-state index contributed by atoms with van der Waals surface area (Å²) in [6.45, 7) is 8.97. The van der Waals surface area contributed by atoms with Crippen LogP contribution in [-0.2, 0) is 38.4 Å². The Bertz CT molecular complexity index is 3770. The third-order valence-electron chi connectivity index (χ3n) is 28.4. The summed E-state index contributed by atoms with van der Waals surface area (Å²) in [5.41, 5.74) is 6.43. The van der Waals surface area contributed by atoms with Crippen LogP contribution in [0.3, 0.4) is 0 Å². The second kappa shape index (κ2) is 40.2. The van der Waals surface area contributed by atoms with E-state index in [1.54, 1.807) is 0 Å². The minimum atomic E-state index is -1.17. The highest BCUT2D eigenvalue weighted by atomic mass is 16.6. The number of rotatable bonds is 40. The van der Waals surface area contributed by atoms with Crippen LogP contribution in [0.15, 0.2) is 48.5 Å². The molecule has 16 atom stereocenters. The van der Waals surface area contributed by atoms with E-state index in [0.717, 1.165) is 199 Å². The van der Waals surface area contributed by atoms with E-state index in [0.29, 0.717) is 71.7 Å². The SMILES string of the molecule is CCCCCCCCCCCC1c2cc3c4cc2OC2NC5C(=O)NC(=O)C5NC2Oc2cc5c(cc21)C(CCCCCCCCCCC)c1cc2c(cc1OC1NC6C(=O)NC(=O)C6NC1O5)OC1NC5C(=O)NC(=O)C5NC1Oc1cc(c(cc1C2CCCCCCCCCCC)C3CCCCCCCCCCC)OC1NC2C(=O)NC(=O)C2NC1O4. The molecular weight excluding hydrogens is 1580 g/mol. The molecule has 12 heterocycles. The molecule has 12 N–H and O–H groups in total. The maximum atomic E-state index is 14.1. The molecule has 28 nitrogen and oxygen atoms in total. The monoisotopic (exact) mass is 1710 g/mol. The molecule has 0 radical (unpaired) electrons. The highest BCUT2D eigenvalue weighted by Crippen LogP contribution is 2.57. The molecule has 12 aliphatic heterocycles. The van der Waals surface area contributed by atoms with E-state index < -0.39 is 169 Å². The number of hydrogen-bond donors (Lipinski definition) is 12. The molecule has 8 saturated heterocycles. The first-order valence-electron chi connectivity index (χ1n) is 48.1. The van der Waals surface area contributed by atoms with Crippen LogP contribution in [0.4, 0.5) is 0 Å². The molecule has 16 unspecified atom stereocenters. The Hall–Kier alpha value is -8.48. The predicted molar refractivity (Wildman–Crippen MR) is 464 cm³/mol. The van der Waals surface area contributed by atoms with Gasteiger partial charge < -0.3 is 37.9 Å². The van der Waals surface area contributed by atoms with Crippen LogP contribution in [-0.4, -0.2) is 145 Å². The Morgan fingerprint density at radius 2 is 0.315 bits per heavy atom. The highest BCUT2D eigenvalue weighted by Gasteiger charge is 2.57. The van der Waals surface area contributed by atoms with E-state index in [-0.39, 0.29) is 0 Å². The Morgan fingerprint density at radius 3 is 0.452 bits per heavy atom. The molecule has 8 fully saturated rings. The van der Waals surface area contributed by atoms with Crippen molar-refractivity contribution in [2.45, 2.75) is 406 Å². The van der Waals surface area contributed by atoms with Crippen LogP contribution in [0.5, 0.6) is 46.0 Å². The lowest BCUT2D eigenvalue weighted by Crippen LogP contribution is -2.70. The number of nitrogens with one attached hydrogen (secondary N) is 12. The van der Waals surface area contributed by atoms with Crippen LogP contribution in [0, 0.1) is 0 Å². The smallest absolute Gasteiger partial charge is 0.246 e. The number of fused-ring (bicyclic) bond motifs is 8. The molecule has 672 valence electrons. The Balaban J connectivity index is 0.935. The number of unbranched alkanes of at least 4 members (excludes halogenated alkanes) is 32. The van der Waals surface area contributed by atoms with E-state index in [2.05, 4.69) is 116 Å². The first kappa shape index (κ1) is 87.6. The van der Waals surface area contributed by atoms with Gasteiger partial charge in [-0.3, -0.25) is 102 Å². The minimum Gasteiger partial charge on any atom is -0.469 e. The van der Waals surface area contributed by atoms with Crippen molar-refractivity contribution in [1.29, 1.82) is 0 Å². The molecular formula is C96H132N12O16. The van der Waals surface area contributed by atoms with Crippen LogP contribution >= 0.6 is 0 Å². The lowest BCUT2D eigenvalue weighted by molar-refractivity contribution is -0.127. The van der Waals surface area contributed by atoms with Gasteiger partial charge in [0.2, 0.25) is 97.1 Å². The van der Waals surface area contributed by atoms with Crippen LogP contribution in [0.2, 0.25) is 0 Å². The third-order valence-corrected chi connectivity index (χ3v) is 28.4. The molecule has 0 saturated carbocycles. The number of imide groups is 4. The van der Waals surface area contributed by atoms with Crippen LogP contribution < -0.4 is 102 Å². The molecule has 13 aliphatic rings. The molecule has 0 aromatic heterocycles. The minimum absolute atomic E-state index is 0.409. The topological polar surface area (TPSA) is 355 Å². The van der Waals surface area contributed by atoms with Gasteiger partial charge in [-0.1, -0.05) is 259 Å². The van der Waals surface area contributed by atoms with Gasteiger partial charge in [-0.05, 0) is 49.9 Å². The Labute approximate surface area is 729 Å². The molecule has 4 aromatic carbocycles. The average molecular weight is 1710 g/mol. The molecule has 124 heavy (non-hydrogen) atoms. The van der Waals surface area contributed by atoms with Gasteiger partial charge in [-0.15, -0.1) is 0 Å². The van der Waals surface area contributed by atoms with Crippen molar-refractivity contribution in [3.8, 4) is 46.0 Å². The Kier molecular flexibility index (Phi) is 28.4. The standard InChI is InChI=1S/C96H132N12O16/c1-5-9-13-17-21-25-29-33-37-41-53-57-45-59-54(42-38-34-30-26-22-18-14-10-6-2)61-47-63-56(44-40-36-32-28-24-20-16-12-8-4)64-48-62-55(43-39-35-31-27-23-19-15-11-7-3)60-46-58(53)66-50-68(60)120-92-94(102-78-76(100-92)84(112)107-86(78)114)122-70(62)52-72(64)124-96-95(103-79-80(104-96)88(116)108-87(79)115)123-71(63)51-69(61)121-93-91(99-75-77(101-93)85(113)106-83(75)111)119-67(59)49-65(57)117-89-90(118-66)98-74-73(97-89)81(109)105-82(74)110/h45-56,73-80,89-104H,5-44H2,1-4H3,(H,105,109,110)(H,106,111,113)(H,107,112,114)(H,108,115,116). The van der Waals surface area contributed by atoms with Gasteiger partial charge in [0.15, 0.2) is 0 Å². The highest BCUT2D eigenvalue weighted by molar-refractivity contribution is 6.11. The van der Waals surface area contributed by atoms with Gasteiger partial charge in [0.1, 0.15) is 94.3 Å². The number of piperazine rings is 4. The van der Waals surface area contributed by atoms with Gasteiger partial charge >= 0.3 is 0 Å². The normalized spacial score (nSPS) is 29.8. The zero-order valence-corrected chi connectivity index (χ0v) is 73.0. The summed E-state index contributed by atoms with van der Waals surface area (Å²) < 4.78 is 61.1. The second-order valence-corrected chi connectivity index (χ2v) is 37.3. The Morgan fingerprint density at radius 1 is 0.185 bits per heavy atom.